The molecule has 0 aliphatic carbocycles. The molecule has 140 valence electrons. The minimum atomic E-state index is 0. The summed E-state index contributed by atoms with van der Waals surface area (Å²) >= 11 is 1.76. The summed E-state index contributed by atoms with van der Waals surface area (Å²) in [5, 5.41) is 2.13. The molecular formula is C21H23IN4S. The molecule has 3 aromatic heterocycles. The fraction of sp³-hybridized carbons (Fsp3) is 0.286. The maximum absolute atomic E-state index is 5.00. The average molecular weight is 490 g/mol. The lowest BCUT2D eigenvalue weighted by Gasteiger charge is -2.42. The van der Waals surface area contributed by atoms with Crippen LogP contribution in [0, 0.1) is 0 Å². The summed E-state index contributed by atoms with van der Waals surface area (Å²) in [4.78, 5) is 8.70. The number of thiophene rings is 1. The molecule has 4 heterocycles. The molecule has 4 nitrogen and oxygen atoms in total. The Kier molecular flexibility index (Phi) is 5.13. The molecule has 0 radical (unpaired) electrons. The van der Waals surface area contributed by atoms with Crippen LogP contribution in [0.15, 0.2) is 60.1 Å². The molecule has 0 bridgehead atoms. The molecule has 1 fully saturated rings. The van der Waals surface area contributed by atoms with E-state index in [9.17, 15) is 0 Å². The van der Waals surface area contributed by atoms with Gasteiger partial charge in [-0.05, 0) is 23.6 Å². The number of hydrogen-bond donors (Lipinski definition) is 0. The van der Waals surface area contributed by atoms with Crippen LogP contribution < -0.4 is 28.9 Å². The third-order valence-electron chi connectivity index (χ3n) is 5.57. The maximum atomic E-state index is 5.00. The van der Waals surface area contributed by atoms with Crippen molar-refractivity contribution in [2.24, 2.45) is 0 Å². The van der Waals surface area contributed by atoms with E-state index in [2.05, 4.69) is 76.5 Å². The van der Waals surface area contributed by atoms with Gasteiger partial charge in [0.1, 0.15) is 16.9 Å². The van der Waals surface area contributed by atoms with Gasteiger partial charge in [-0.1, -0.05) is 30.3 Å². The van der Waals surface area contributed by atoms with Gasteiger partial charge < -0.3 is 37.8 Å². The molecular weight excluding hydrogens is 467 g/mol. The lowest BCUT2D eigenvalue weighted by Crippen LogP contribution is -3.00. The normalized spacial score (nSPS) is 16.6. The predicted octanol–water partition coefficient (Wildman–Crippen LogP) is 1.02. The highest BCUT2D eigenvalue weighted by molar-refractivity contribution is 7.16. The van der Waals surface area contributed by atoms with Crippen molar-refractivity contribution < 1.29 is 28.5 Å². The van der Waals surface area contributed by atoms with E-state index >= 15 is 0 Å². The van der Waals surface area contributed by atoms with Gasteiger partial charge in [0.05, 0.1) is 38.7 Å². The number of aromatic nitrogens is 2. The van der Waals surface area contributed by atoms with Crippen molar-refractivity contribution >= 4 is 33.0 Å². The largest absolute Gasteiger partial charge is 1.00 e. The van der Waals surface area contributed by atoms with E-state index in [4.69, 9.17) is 4.98 Å². The molecule has 4 aromatic rings. The Hall–Kier alpha value is -1.64. The van der Waals surface area contributed by atoms with Gasteiger partial charge in [0.15, 0.2) is 5.82 Å². The minimum Gasteiger partial charge on any atom is -1.00 e. The van der Waals surface area contributed by atoms with Crippen molar-refractivity contribution in [3.63, 3.8) is 0 Å². The van der Waals surface area contributed by atoms with Crippen LogP contribution in [0.3, 0.4) is 0 Å². The molecule has 0 unspecified atom stereocenters. The first-order chi connectivity index (χ1) is 12.7. The zero-order valence-electron chi connectivity index (χ0n) is 15.4. The summed E-state index contributed by atoms with van der Waals surface area (Å²) in [6, 6.07) is 17.3. The highest BCUT2D eigenvalue weighted by Gasteiger charge is 2.30. The number of quaternary nitrogens is 1. The molecule has 27 heavy (non-hydrogen) atoms. The second-order valence-electron chi connectivity index (χ2n) is 7.51. The first-order valence-corrected chi connectivity index (χ1v) is 10.1. The van der Waals surface area contributed by atoms with E-state index in [-0.39, 0.29) is 24.0 Å². The quantitative estimate of drug-likeness (QED) is 0.316. The van der Waals surface area contributed by atoms with Gasteiger partial charge in [0.2, 0.25) is 0 Å². The van der Waals surface area contributed by atoms with Crippen LogP contribution in [0.25, 0.3) is 15.9 Å². The Labute approximate surface area is 180 Å². The molecule has 0 spiro atoms. The monoisotopic (exact) mass is 490 g/mol. The molecule has 1 saturated heterocycles. The van der Waals surface area contributed by atoms with E-state index in [0.29, 0.717) is 0 Å². The number of hydrogen-bond acceptors (Lipinski definition) is 3. The Morgan fingerprint density at radius 1 is 1.04 bits per heavy atom. The SMILES string of the molecule is C[N+]1(Cc2ccccc2)CCN(c2nc3ccsc3n3cccc23)CC1.[I-]. The van der Waals surface area contributed by atoms with Crippen LogP contribution >= 0.6 is 11.3 Å². The van der Waals surface area contributed by atoms with Gasteiger partial charge in [0, 0.05) is 11.8 Å². The summed E-state index contributed by atoms with van der Waals surface area (Å²) in [6.45, 7) is 5.49. The molecule has 0 saturated carbocycles. The molecule has 0 N–H and O–H groups in total. The molecule has 0 amide bonds. The molecule has 1 aromatic carbocycles. The lowest BCUT2D eigenvalue weighted by molar-refractivity contribution is -0.923. The molecule has 1 aliphatic rings. The van der Waals surface area contributed by atoms with Gasteiger partial charge >= 0.3 is 0 Å². The van der Waals surface area contributed by atoms with E-state index < -0.39 is 0 Å². The summed E-state index contributed by atoms with van der Waals surface area (Å²) < 4.78 is 3.38. The minimum absolute atomic E-state index is 0. The number of nitrogens with zero attached hydrogens (tertiary/aromatic N) is 4. The van der Waals surface area contributed by atoms with Gasteiger partial charge in [-0.25, -0.2) is 4.98 Å². The molecule has 5 rings (SSSR count). The maximum Gasteiger partial charge on any atom is 0.154 e. The third-order valence-corrected chi connectivity index (χ3v) is 6.48. The summed E-state index contributed by atoms with van der Waals surface area (Å²) in [5.41, 5.74) is 3.75. The number of rotatable bonds is 3. The summed E-state index contributed by atoms with van der Waals surface area (Å²) in [5.74, 6) is 1.13. The summed E-state index contributed by atoms with van der Waals surface area (Å²) in [6.07, 6.45) is 2.15. The van der Waals surface area contributed by atoms with Gasteiger partial charge in [0.25, 0.3) is 0 Å². The zero-order chi connectivity index (χ0) is 17.6. The van der Waals surface area contributed by atoms with Crippen LogP contribution in [-0.4, -0.2) is 47.1 Å². The highest BCUT2D eigenvalue weighted by atomic mass is 127. The zero-order valence-corrected chi connectivity index (χ0v) is 18.4. The highest BCUT2D eigenvalue weighted by Crippen LogP contribution is 2.29. The van der Waals surface area contributed by atoms with Crippen LogP contribution in [0.2, 0.25) is 0 Å². The van der Waals surface area contributed by atoms with Crippen molar-refractivity contribution in [3.8, 4) is 0 Å². The molecule has 1 aliphatic heterocycles. The van der Waals surface area contributed by atoms with E-state index in [1.165, 1.54) is 15.9 Å². The second kappa shape index (κ2) is 7.41. The van der Waals surface area contributed by atoms with E-state index in [0.717, 1.165) is 48.5 Å². The van der Waals surface area contributed by atoms with Crippen molar-refractivity contribution in [2.45, 2.75) is 6.54 Å². The van der Waals surface area contributed by atoms with Crippen LogP contribution in [0.1, 0.15) is 5.56 Å². The number of halogens is 1. The summed E-state index contributed by atoms with van der Waals surface area (Å²) in [7, 11) is 2.38. The average Bonchev–Trinajstić information content (AvgIpc) is 3.31. The second-order valence-corrected chi connectivity index (χ2v) is 8.40. The third kappa shape index (κ3) is 3.46. The van der Waals surface area contributed by atoms with Gasteiger partial charge in [-0.2, -0.15) is 0 Å². The number of likely N-dealkylation sites (N-methyl/N-ethyl adjacent to an activating group) is 1. The Balaban J connectivity index is 0.00000180. The molecule has 6 heteroatoms. The van der Waals surface area contributed by atoms with Crippen LogP contribution in [0.5, 0.6) is 0 Å². The topological polar surface area (TPSA) is 20.5 Å². The van der Waals surface area contributed by atoms with Crippen molar-refractivity contribution in [3.05, 3.63) is 65.7 Å². The van der Waals surface area contributed by atoms with Gasteiger partial charge in [-0.3, -0.25) is 0 Å². The van der Waals surface area contributed by atoms with Gasteiger partial charge in [-0.15, -0.1) is 11.3 Å². The number of benzene rings is 1. The first-order valence-electron chi connectivity index (χ1n) is 9.19. The predicted molar refractivity (Wildman–Crippen MR) is 109 cm³/mol. The Bertz CT molecular complexity index is 1050. The lowest BCUT2D eigenvalue weighted by atomic mass is 10.1. The molecule has 0 atom stereocenters. The van der Waals surface area contributed by atoms with Crippen LogP contribution in [0.4, 0.5) is 5.82 Å². The smallest absolute Gasteiger partial charge is 0.154 e. The van der Waals surface area contributed by atoms with Crippen molar-refractivity contribution in [1.82, 2.24) is 9.38 Å². The standard InChI is InChI=1S/C21H23N4S.HI/c1-25(16-17-6-3-2-4-7-17)13-11-23(12-14-25)20-19-8-5-10-24(19)21-18(22-20)9-15-26-21;/h2-10,15H,11-14,16H2,1H3;1H/q+1;/p-1. The van der Waals surface area contributed by atoms with Crippen LogP contribution in [-0.2, 0) is 6.54 Å². The fourth-order valence-electron chi connectivity index (χ4n) is 4.05. The Morgan fingerprint density at radius 2 is 1.81 bits per heavy atom. The van der Waals surface area contributed by atoms with Crippen molar-refractivity contribution in [1.29, 1.82) is 0 Å². The fourth-order valence-corrected chi connectivity index (χ4v) is 4.88. The Morgan fingerprint density at radius 3 is 2.59 bits per heavy atom. The number of fused-ring (bicyclic) bond motifs is 3. The number of anilines is 1. The van der Waals surface area contributed by atoms with E-state index in [1.807, 2.05) is 0 Å². The first kappa shape index (κ1) is 18.7. The van der Waals surface area contributed by atoms with E-state index in [1.54, 1.807) is 11.3 Å². The van der Waals surface area contributed by atoms with Crippen molar-refractivity contribution in [2.75, 3.05) is 38.1 Å². The number of piperazine rings is 1.